The molecule has 2 aliphatic rings. The van der Waals surface area contributed by atoms with Crippen LogP contribution in [0.2, 0.25) is 0 Å². The average molecular weight is 544 g/mol. The van der Waals surface area contributed by atoms with Crippen molar-refractivity contribution in [2.75, 3.05) is 5.32 Å². The molecule has 0 bridgehead atoms. The number of anilines is 1. The van der Waals surface area contributed by atoms with Crippen molar-refractivity contribution in [2.24, 2.45) is 5.41 Å². The molecular weight excluding hydrogens is 506 g/mol. The molecular formula is C32H37N3O5. The van der Waals surface area contributed by atoms with Crippen LogP contribution >= 0.6 is 0 Å². The van der Waals surface area contributed by atoms with Crippen LogP contribution in [0.15, 0.2) is 77.6 Å². The number of carbonyl (C=O) groups is 2. The van der Waals surface area contributed by atoms with Gasteiger partial charge in [-0.15, -0.1) is 0 Å². The second-order valence-electron chi connectivity index (χ2n) is 12.0. The second kappa shape index (κ2) is 10.6. The van der Waals surface area contributed by atoms with E-state index in [1.165, 1.54) is 11.0 Å². The number of benzene rings is 2. The molecule has 3 N–H and O–H groups in total. The zero-order chi connectivity index (χ0) is 28.7. The number of nitrogens with zero attached hydrogens (tertiary/aromatic N) is 2. The maximum atomic E-state index is 13.0. The zero-order valence-corrected chi connectivity index (χ0v) is 23.2. The number of pyridine rings is 1. The monoisotopic (exact) mass is 543 g/mol. The van der Waals surface area contributed by atoms with Crippen LogP contribution < -0.4 is 10.9 Å². The smallest absolute Gasteiger partial charge is 0.408 e. The van der Waals surface area contributed by atoms with E-state index in [2.05, 4.69) is 5.32 Å². The Bertz CT molecular complexity index is 1440. The summed E-state index contributed by atoms with van der Waals surface area (Å²) in [6.07, 6.45) is 0.917. The summed E-state index contributed by atoms with van der Waals surface area (Å²) < 4.78 is 1.57. The molecule has 2 aromatic carbocycles. The van der Waals surface area contributed by atoms with Gasteiger partial charge in [0.05, 0.1) is 5.54 Å². The van der Waals surface area contributed by atoms with E-state index in [0.717, 1.165) is 11.3 Å². The van der Waals surface area contributed by atoms with E-state index < -0.39 is 29.2 Å². The number of likely N-dealkylation sites (tertiary alicyclic amines) is 1. The molecule has 0 saturated carbocycles. The van der Waals surface area contributed by atoms with E-state index in [9.17, 15) is 24.6 Å². The summed E-state index contributed by atoms with van der Waals surface area (Å²) in [5.74, 6) is -0.225. The normalized spacial score (nSPS) is 23.1. The van der Waals surface area contributed by atoms with Crippen molar-refractivity contribution >= 4 is 17.7 Å². The van der Waals surface area contributed by atoms with Gasteiger partial charge in [-0.25, -0.2) is 4.79 Å². The van der Waals surface area contributed by atoms with Gasteiger partial charge in [0.2, 0.25) is 5.91 Å². The number of amides is 2. The predicted molar refractivity (Wildman–Crippen MR) is 153 cm³/mol. The third-order valence-electron chi connectivity index (χ3n) is 8.78. The number of aromatic nitrogens is 1. The van der Waals surface area contributed by atoms with Crippen molar-refractivity contribution in [1.82, 2.24) is 9.47 Å². The second-order valence-corrected chi connectivity index (χ2v) is 12.0. The van der Waals surface area contributed by atoms with Gasteiger partial charge in [0.1, 0.15) is 12.1 Å². The number of hydrogen-bond donors (Lipinski definition) is 3. The molecule has 0 unspecified atom stereocenters. The minimum absolute atomic E-state index is 0.172. The molecule has 210 valence electrons. The first-order chi connectivity index (χ1) is 19.0. The summed E-state index contributed by atoms with van der Waals surface area (Å²) in [4.78, 5) is 39.6. The quantitative estimate of drug-likeness (QED) is 0.397. The van der Waals surface area contributed by atoms with E-state index in [1.807, 2.05) is 81.4 Å². The van der Waals surface area contributed by atoms with Crippen LogP contribution in [0.4, 0.5) is 10.5 Å². The third-order valence-corrected chi connectivity index (χ3v) is 8.78. The highest BCUT2D eigenvalue weighted by Crippen LogP contribution is 2.53. The fourth-order valence-electron chi connectivity index (χ4n) is 6.79. The molecule has 8 heteroatoms. The predicted octanol–water partition coefficient (Wildman–Crippen LogP) is 5.18. The van der Waals surface area contributed by atoms with Gasteiger partial charge in [0.25, 0.3) is 5.56 Å². The first-order valence-corrected chi connectivity index (χ1v) is 13.9. The Hall–Kier alpha value is -3.91. The standard InChI is InChI=1S/C32H37N3O5/c1-31(2,3)32(28(37)22-8-5-4-6-9-22)19-18-25(35(32)30(39)40)20-21-12-14-23(15-13-21)33-29(38)26-17-16-24-10-7-11-27(36)34(24)26/h4-15,25-26,28,37H,16-20H2,1-3H3,(H,33,38)(H,39,40)/t25-,26+,28+,32-/m0/s1. The molecule has 3 heterocycles. The number of carbonyl (C=O) groups excluding carboxylic acids is 1. The lowest BCUT2D eigenvalue weighted by Gasteiger charge is -2.51. The zero-order valence-electron chi connectivity index (χ0n) is 23.2. The van der Waals surface area contributed by atoms with E-state index in [0.29, 0.717) is 43.4 Å². The highest BCUT2D eigenvalue weighted by Gasteiger charge is 2.59. The molecule has 0 radical (unpaired) electrons. The first kappa shape index (κ1) is 27.6. The number of aliphatic hydroxyl groups is 1. The van der Waals surface area contributed by atoms with Gasteiger partial charge < -0.3 is 20.1 Å². The summed E-state index contributed by atoms with van der Waals surface area (Å²) in [6, 6.07) is 20.9. The molecule has 1 fully saturated rings. The Balaban J connectivity index is 1.33. The van der Waals surface area contributed by atoms with Gasteiger partial charge in [0, 0.05) is 23.5 Å². The highest BCUT2D eigenvalue weighted by atomic mass is 16.4. The molecule has 2 aliphatic heterocycles. The fourth-order valence-corrected chi connectivity index (χ4v) is 6.79. The summed E-state index contributed by atoms with van der Waals surface area (Å²) in [5, 5.41) is 25.0. The Morgan fingerprint density at radius 1 is 1.00 bits per heavy atom. The van der Waals surface area contributed by atoms with E-state index in [4.69, 9.17) is 0 Å². The number of aliphatic hydroxyl groups excluding tert-OH is 1. The van der Waals surface area contributed by atoms with Crippen molar-refractivity contribution in [3.8, 4) is 0 Å². The Morgan fingerprint density at radius 2 is 1.70 bits per heavy atom. The number of rotatable bonds is 6. The number of aryl methyl sites for hydroxylation is 1. The van der Waals surface area contributed by atoms with E-state index in [1.54, 1.807) is 10.6 Å². The number of hydrogen-bond acceptors (Lipinski definition) is 4. The molecule has 2 amide bonds. The maximum Gasteiger partial charge on any atom is 0.408 e. The van der Waals surface area contributed by atoms with Crippen LogP contribution in [0.25, 0.3) is 0 Å². The first-order valence-electron chi connectivity index (χ1n) is 13.9. The van der Waals surface area contributed by atoms with Gasteiger partial charge in [-0.1, -0.05) is 69.3 Å². The van der Waals surface area contributed by atoms with Crippen molar-refractivity contribution in [3.63, 3.8) is 0 Å². The minimum atomic E-state index is -1.04. The lowest BCUT2D eigenvalue weighted by atomic mass is 9.67. The van der Waals surface area contributed by atoms with Gasteiger partial charge >= 0.3 is 6.09 Å². The van der Waals surface area contributed by atoms with Gasteiger partial charge in [-0.2, -0.15) is 0 Å². The summed E-state index contributed by atoms with van der Waals surface area (Å²) in [6.45, 7) is 5.98. The van der Waals surface area contributed by atoms with Crippen LogP contribution in [-0.2, 0) is 17.6 Å². The molecule has 1 aromatic heterocycles. The molecule has 0 spiro atoms. The molecule has 5 rings (SSSR count). The van der Waals surface area contributed by atoms with Crippen molar-refractivity contribution in [3.05, 3.63) is 100.0 Å². The Labute approximate surface area is 234 Å². The largest absolute Gasteiger partial charge is 0.465 e. The molecule has 4 atom stereocenters. The molecule has 3 aromatic rings. The van der Waals surface area contributed by atoms with Crippen LogP contribution in [0.1, 0.15) is 69.0 Å². The van der Waals surface area contributed by atoms with Crippen LogP contribution in [0.5, 0.6) is 0 Å². The number of carboxylic acid groups (broad SMARTS) is 1. The molecule has 0 aliphatic carbocycles. The van der Waals surface area contributed by atoms with Crippen LogP contribution in [0.3, 0.4) is 0 Å². The molecule has 1 saturated heterocycles. The van der Waals surface area contributed by atoms with Gasteiger partial charge in [-0.3, -0.25) is 14.5 Å². The molecule has 40 heavy (non-hydrogen) atoms. The lowest BCUT2D eigenvalue weighted by Crippen LogP contribution is -2.61. The average Bonchev–Trinajstić information content (AvgIpc) is 3.53. The number of nitrogens with one attached hydrogen (secondary N) is 1. The van der Waals surface area contributed by atoms with E-state index >= 15 is 0 Å². The van der Waals surface area contributed by atoms with Crippen molar-refractivity contribution < 1.29 is 19.8 Å². The summed E-state index contributed by atoms with van der Waals surface area (Å²) in [7, 11) is 0. The number of fused-ring (bicyclic) bond motifs is 1. The summed E-state index contributed by atoms with van der Waals surface area (Å²) in [5.41, 5.74) is 1.45. The lowest BCUT2D eigenvalue weighted by molar-refractivity contribution is -0.119. The van der Waals surface area contributed by atoms with Gasteiger partial charge in [0.15, 0.2) is 0 Å². The fraction of sp³-hybridized carbons (Fsp3) is 0.406. The third kappa shape index (κ3) is 4.81. The van der Waals surface area contributed by atoms with E-state index in [-0.39, 0.29) is 17.5 Å². The van der Waals surface area contributed by atoms with Crippen molar-refractivity contribution in [2.45, 2.75) is 76.6 Å². The maximum absolute atomic E-state index is 13.0. The van der Waals surface area contributed by atoms with Crippen molar-refractivity contribution in [1.29, 1.82) is 0 Å². The Kier molecular flexibility index (Phi) is 7.31. The Morgan fingerprint density at radius 3 is 2.35 bits per heavy atom. The van der Waals surface area contributed by atoms with Gasteiger partial charge in [-0.05, 0) is 66.8 Å². The highest BCUT2D eigenvalue weighted by molar-refractivity contribution is 5.94. The summed E-state index contributed by atoms with van der Waals surface area (Å²) >= 11 is 0. The topological polar surface area (TPSA) is 112 Å². The van der Waals surface area contributed by atoms with Crippen LogP contribution in [-0.4, -0.2) is 43.3 Å². The SMILES string of the molecule is CC(C)(C)[C@@]1([C@H](O)c2ccccc2)CC[C@@H](Cc2ccc(NC(=O)[C@H]3CCc4cccc(=O)n43)cc2)N1C(=O)O. The molecule has 8 nitrogen and oxygen atoms in total. The minimum Gasteiger partial charge on any atom is -0.465 e. The van der Waals surface area contributed by atoms with Crippen LogP contribution in [0, 0.1) is 5.41 Å².